The predicted molar refractivity (Wildman–Crippen MR) is 95.3 cm³/mol. The predicted octanol–water partition coefficient (Wildman–Crippen LogP) is 3.75. The van der Waals surface area contributed by atoms with Crippen molar-refractivity contribution in [3.63, 3.8) is 0 Å². The van der Waals surface area contributed by atoms with Crippen LogP contribution in [0.25, 0.3) is 10.9 Å². The van der Waals surface area contributed by atoms with E-state index in [1.54, 1.807) is 19.2 Å². The second kappa shape index (κ2) is 6.99. The molecule has 3 nitrogen and oxygen atoms in total. The van der Waals surface area contributed by atoms with E-state index in [1.165, 1.54) is 0 Å². The standard InChI is InChI=1S/C18H20BrFN2O/c1-21-11-17(23)18(13-3-2-4-15(20)10-13)22-8-7-12-9-14(19)5-6-16(12)22/h2-9,15,17-18,21,23H,10-11H2,1H3/t15?,17?,18-/m0/s1. The molecule has 3 atom stereocenters. The largest absolute Gasteiger partial charge is 0.389 e. The lowest BCUT2D eigenvalue weighted by Crippen LogP contribution is -2.34. The molecular weight excluding hydrogens is 359 g/mol. The molecule has 1 aliphatic carbocycles. The van der Waals surface area contributed by atoms with Gasteiger partial charge in [0.1, 0.15) is 6.17 Å². The first-order valence-electron chi connectivity index (χ1n) is 7.70. The lowest BCUT2D eigenvalue weighted by Gasteiger charge is -2.29. The molecule has 1 aromatic heterocycles. The van der Waals surface area contributed by atoms with Crippen LogP contribution < -0.4 is 5.32 Å². The van der Waals surface area contributed by atoms with Crippen molar-refractivity contribution in [3.05, 3.63) is 58.7 Å². The molecular formula is C18H20BrFN2O. The van der Waals surface area contributed by atoms with E-state index >= 15 is 0 Å². The number of likely N-dealkylation sites (N-methyl/N-ethyl adjacent to an activating group) is 1. The monoisotopic (exact) mass is 378 g/mol. The Hall–Kier alpha value is -1.43. The molecule has 1 aromatic carbocycles. The summed E-state index contributed by atoms with van der Waals surface area (Å²) in [5.41, 5.74) is 1.93. The van der Waals surface area contributed by atoms with Crippen LogP contribution in [0.1, 0.15) is 12.5 Å². The number of nitrogens with one attached hydrogen (secondary N) is 1. The third-order valence-electron chi connectivity index (χ3n) is 4.20. The summed E-state index contributed by atoms with van der Waals surface area (Å²) in [4.78, 5) is 0. The normalized spacial score (nSPS) is 20.5. The van der Waals surface area contributed by atoms with Gasteiger partial charge in [-0.2, -0.15) is 0 Å². The summed E-state index contributed by atoms with van der Waals surface area (Å²) in [5, 5.41) is 14.7. The molecule has 0 fully saturated rings. The topological polar surface area (TPSA) is 37.2 Å². The Balaban J connectivity index is 2.06. The van der Waals surface area contributed by atoms with Crippen LogP contribution in [0.2, 0.25) is 0 Å². The van der Waals surface area contributed by atoms with Crippen LogP contribution >= 0.6 is 15.9 Å². The second-order valence-electron chi connectivity index (χ2n) is 5.84. The number of aliphatic hydroxyl groups excluding tert-OH is 1. The smallest absolute Gasteiger partial charge is 0.122 e. The van der Waals surface area contributed by atoms with E-state index in [2.05, 4.69) is 21.2 Å². The molecule has 0 aliphatic heterocycles. The van der Waals surface area contributed by atoms with Gasteiger partial charge in [0.15, 0.2) is 0 Å². The number of aromatic nitrogens is 1. The lowest BCUT2D eigenvalue weighted by molar-refractivity contribution is 0.127. The van der Waals surface area contributed by atoms with Crippen molar-refractivity contribution in [2.45, 2.75) is 24.7 Å². The minimum atomic E-state index is -0.991. The van der Waals surface area contributed by atoms with Crippen LogP contribution in [-0.4, -0.2) is 35.5 Å². The molecule has 1 aliphatic rings. The maximum Gasteiger partial charge on any atom is 0.122 e. The molecule has 0 radical (unpaired) electrons. The van der Waals surface area contributed by atoms with Crippen molar-refractivity contribution in [3.8, 4) is 0 Å². The highest BCUT2D eigenvalue weighted by Gasteiger charge is 2.27. The average molecular weight is 379 g/mol. The second-order valence-corrected chi connectivity index (χ2v) is 6.76. The van der Waals surface area contributed by atoms with E-state index in [4.69, 9.17) is 0 Å². The van der Waals surface area contributed by atoms with Gasteiger partial charge >= 0.3 is 0 Å². The first-order chi connectivity index (χ1) is 11.1. The molecule has 5 heteroatoms. The van der Waals surface area contributed by atoms with Crippen LogP contribution in [0.4, 0.5) is 4.39 Å². The Morgan fingerprint density at radius 1 is 1.43 bits per heavy atom. The molecule has 0 saturated heterocycles. The van der Waals surface area contributed by atoms with Crippen LogP contribution in [0.15, 0.2) is 58.7 Å². The molecule has 2 aromatic rings. The number of alkyl halides is 1. The van der Waals surface area contributed by atoms with Crippen molar-refractivity contribution in [2.24, 2.45) is 0 Å². The SMILES string of the molecule is CNCC(O)[C@H](C1=CC=CC(F)C1)n1ccc2cc(Br)ccc21. The zero-order valence-electron chi connectivity index (χ0n) is 12.9. The summed E-state index contributed by atoms with van der Waals surface area (Å²) in [7, 11) is 1.80. The minimum Gasteiger partial charge on any atom is -0.389 e. The molecule has 0 amide bonds. The fourth-order valence-corrected chi connectivity index (χ4v) is 3.57. The Kier molecular flexibility index (Phi) is 4.99. The Labute approximate surface area is 143 Å². The van der Waals surface area contributed by atoms with Gasteiger partial charge in [-0.15, -0.1) is 0 Å². The molecule has 122 valence electrons. The molecule has 2 N–H and O–H groups in total. The number of rotatable bonds is 5. The summed E-state index contributed by atoms with van der Waals surface area (Å²) in [6.45, 7) is 0.443. The van der Waals surface area contributed by atoms with E-state index < -0.39 is 12.3 Å². The maximum absolute atomic E-state index is 13.8. The van der Waals surface area contributed by atoms with Gasteiger partial charge in [-0.05, 0) is 36.9 Å². The van der Waals surface area contributed by atoms with E-state index in [0.29, 0.717) is 13.0 Å². The fourth-order valence-electron chi connectivity index (χ4n) is 3.19. The number of nitrogens with zero attached hydrogens (tertiary/aromatic N) is 1. The molecule has 0 bridgehead atoms. The van der Waals surface area contributed by atoms with Crippen LogP contribution in [0.5, 0.6) is 0 Å². The van der Waals surface area contributed by atoms with Crippen LogP contribution in [0, 0.1) is 0 Å². The van der Waals surface area contributed by atoms with Gasteiger partial charge in [0, 0.05) is 34.5 Å². The Morgan fingerprint density at radius 3 is 3.00 bits per heavy atom. The number of fused-ring (bicyclic) bond motifs is 1. The quantitative estimate of drug-likeness (QED) is 0.831. The molecule has 23 heavy (non-hydrogen) atoms. The third kappa shape index (κ3) is 3.42. The molecule has 1 heterocycles. The molecule has 2 unspecified atom stereocenters. The molecule has 3 rings (SSSR count). The third-order valence-corrected chi connectivity index (χ3v) is 4.69. The van der Waals surface area contributed by atoms with Gasteiger partial charge in [-0.3, -0.25) is 0 Å². The summed E-state index contributed by atoms with van der Waals surface area (Å²) in [6.07, 6.45) is 5.87. The van der Waals surface area contributed by atoms with Crippen molar-refractivity contribution in [2.75, 3.05) is 13.6 Å². The van der Waals surface area contributed by atoms with Gasteiger partial charge < -0.3 is 15.0 Å². The van der Waals surface area contributed by atoms with Crippen LogP contribution in [0.3, 0.4) is 0 Å². The zero-order chi connectivity index (χ0) is 16.4. The maximum atomic E-state index is 13.8. The number of hydrogen-bond acceptors (Lipinski definition) is 2. The summed E-state index contributed by atoms with van der Waals surface area (Å²) >= 11 is 3.48. The fraction of sp³-hybridized carbons (Fsp3) is 0.333. The Morgan fingerprint density at radius 2 is 2.26 bits per heavy atom. The zero-order valence-corrected chi connectivity index (χ0v) is 14.5. The lowest BCUT2D eigenvalue weighted by atomic mass is 9.92. The number of benzene rings is 1. The van der Waals surface area contributed by atoms with Crippen molar-refractivity contribution in [1.29, 1.82) is 0 Å². The molecule has 0 spiro atoms. The minimum absolute atomic E-state index is 0.288. The van der Waals surface area contributed by atoms with Gasteiger partial charge in [0.25, 0.3) is 0 Å². The highest BCUT2D eigenvalue weighted by molar-refractivity contribution is 9.10. The van der Waals surface area contributed by atoms with Gasteiger partial charge in [0.2, 0.25) is 0 Å². The van der Waals surface area contributed by atoms with Crippen molar-refractivity contribution < 1.29 is 9.50 Å². The van der Waals surface area contributed by atoms with Crippen molar-refractivity contribution in [1.82, 2.24) is 9.88 Å². The van der Waals surface area contributed by atoms with Gasteiger partial charge in [0.05, 0.1) is 12.1 Å². The van der Waals surface area contributed by atoms with E-state index in [1.807, 2.05) is 41.1 Å². The number of aliphatic hydroxyl groups is 1. The summed E-state index contributed by atoms with van der Waals surface area (Å²) < 4.78 is 16.9. The first-order valence-corrected chi connectivity index (χ1v) is 8.49. The average Bonchev–Trinajstić information content (AvgIpc) is 2.91. The highest BCUT2D eigenvalue weighted by Crippen LogP contribution is 2.33. The Bertz CT molecular complexity index is 753. The van der Waals surface area contributed by atoms with Crippen molar-refractivity contribution >= 4 is 26.8 Å². The molecule has 0 saturated carbocycles. The summed E-state index contributed by atoms with van der Waals surface area (Å²) in [5.74, 6) is 0. The van der Waals surface area contributed by atoms with E-state index in [9.17, 15) is 9.50 Å². The van der Waals surface area contributed by atoms with E-state index in [0.717, 1.165) is 20.9 Å². The number of hydrogen-bond donors (Lipinski definition) is 2. The first kappa shape index (κ1) is 16.4. The van der Waals surface area contributed by atoms with Gasteiger partial charge in [-0.1, -0.05) is 34.2 Å². The van der Waals surface area contributed by atoms with Gasteiger partial charge in [-0.25, -0.2) is 4.39 Å². The highest BCUT2D eigenvalue weighted by atomic mass is 79.9. The summed E-state index contributed by atoms with van der Waals surface area (Å²) in [6, 6.07) is 7.77. The van der Waals surface area contributed by atoms with E-state index in [-0.39, 0.29) is 6.04 Å². The van der Waals surface area contributed by atoms with Crippen LogP contribution in [-0.2, 0) is 0 Å². The number of halogens is 2. The number of allylic oxidation sites excluding steroid dienone is 3.